The first-order valence-corrected chi connectivity index (χ1v) is 8.12. The average Bonchev–Trinajstić information content (AvgIpc) is 2.57. The molecule has 0 saturated carbocycles. The van der Waals surface area contributed by atoms with Gasteiger partial charge in [-0.2, -0.15) is 0 Å². The van der Waals surface area contributed by atoms with E-state index in [9.17, 15) is 9.59 Å². The van der Waals surface area contributed by atoms with Crippen molar-refractivity contribution in [3.63, 3.8) is 0 Å². The number of amides is 3. The highest BCUT2D eigenvalue weighted by Gasteiger charge is 2.11. The highest BCUT2D eigenvalue weighted by atomic mass is 16.2. The molecule has 0 aliphatic heterocycles. The van der Waals surface area contributed by atoms with Gasteiger partial charge < -0.3 is 16.0 Å². The van der Waals surface area contributed by atoms with E-state index in [1.54, 1.807) is 24.3 Å². The van der Waals surface area contributed by atoms with Gasteiger partial charge >= 0.3 is 6.03 Å². The maximum absolute atomic E-state index is 12.0. The van der Waals surface area contributed by atoms with E-state index in [0.29, 0.717) is 5.69 Å². The van der Waals surface area contributed by atoms with E-state index in [2.05, 4.69) is 22.9 Å². The molecule has 0 saturated heterocycles. The minimum absolute atomic E-state index is 0.00977. The van der Waals surface area contributed by atoms with Crippen LogP contribution >= 0.6 is 0 Å². The summed E-state index contributed by atoms with van der Waals surface area (Å²) in [6.07, 6.45) is 1.85. The summed E-state index contributed by atoms with van der Waals surface area (Å²) in [6, 6.07) is 16.0. The van der Waals surface area contributed by atoms with Crippen LogP contribution in [0.5, 0.6) is 0 Å². The Morgan fingerprint density at radius 1 is 0.833 bits per heavy atom. The second kappa shape index (κ2) is 8.72. The molecule has 0 aliphatic rings. The molecule has 24 heavy (non-hydrogen) atoms. The number of carbonyl (C=O) groups is 2. The van der Waals surface area contributed by atoms with Crippen LogP contribution in [0.2, 0.25) is 0 Å². The zero-order valence-electron chi connectivity index (χ0n) is 14.0. The van der Waals surface area contributed by atoms with Crippen molar-refractivity contribution >= 4 is 29.0 Å². The number of anilines is 3. The molecule has 2 aromatic rings. The summed E-state index contributed by atoms with van der Waals surface area (Å²) in [7, 11) is 0. The summed E-state index contributed by atoms with van der Waals surface area (Å²) in [5.41, 5.74) is 2.10. The molecule has 1 atom stereocenters. The fourth-order valence-electron chi connectivity index (χ4n) is 2.28. The Balaban J connectivity index is 1.87. The van der Waals surface area contributed by atoms with Gasteiger partial charge in [0.05, 0.1) is 0 Å². The summed E-state index contributed by atoms with van der Waals surface area (Å²) >= 11 is 0. The van der Waals surface area contributed by atoms with Crippen LogP contribution in [0.25, 0.3) is 0 Å². The van der Waals surface area contributed by atoms with Gasteiger partial charge in [-0.1, -0.05) is 38.5 Å². The molecular formula is C19H23N3O2. The Labute approximate surface area is 142 Å². The van der Waals surface area contributed by atoms with Crippen molar-refractivity contribution < 1.29 is 9.59 Å². The smallest absolute Gasteiger partial charge is 0.323 e. The standard InChI is InChI=1S/C19H23N3O2/c1-3-7-14(2)18(23)20-16-10-12-17(13-11-16)22-19(24)21-15-8-5-4-6-9-15/h4-6,8-14H,3,7H2,1-2H3,(H,20,23)(H2,21,22,24). The Morgan fingerprint density at radius 3 is 1.88 bits per heavy atom. The molecule has 5 heteroatoms. The highest BCUT2D eigenvalue weighted by Crippen LogP contribution is 2.16. The highest BCUT2D eigenvalue weighted by molar-refractivity contribution is 6.00. The molecule has 0 fully saturated rings. The summed E-state index contributed by atoms with van der Waals surface area (Å²) in [6.45, 7) is 3.98. The number of rotatable bonds is 6. The van der Waals surface area contributed by atoms with Gasteiger partial charge in [-0.25, -0.2) is 4.79 Å². The van der Waals surface area contributed by atoms with E-state index in [0.717, 1.165) is 24.2 Å². The number of carbonyl (C=O) groups excluding carboxylic acids is 2. The van der Waals surface area contributed by atoms with Gasteiger partial charge in [-0.05, 0) is 42.8 Å². The normalized spacial score (nSPS) is 11.4. The molecular weight excluding hydrogens is 302 g/mol. The van der Waals surface area contributed by atoms with Gasteiger partial charge in [0.1, 0.15) is 0 Å². The van der Waals surface area contributed by atoms with Crippen molar-refractivity contribution in [1.29, 1.82) is 0 Å². The molecule has 0 radical (unpaired) electrons. The second-order valence-electron chi connectivity index (χ2n) is 5.70. The first-order valence-electron chi connectivity index (χ1n) is 8.12. The largest absolute Gasteiger partial charge is 0.326 e. The number of hydrogen-bond acceptors (Lipinski definition) is 2. The van der Waals surface area contributed by atoms with Gasteiger partial charge in [0.15, 0.2) is 0 Å². The minimum Gasteiger partial charge on any atom is -0.326 e. The Morgan fingerprint density at radius 2 is 1.33 bits per heavy atom. The summed E-state index contributed by atoms with van der Waals surface area (Å²) in [5, 5.41) is 8.38. The zero-order valence-corrected chi connectivity index (χ0v) is 14.0. The summed E-state index contributed by atoms with van der Waals surface area (Å²) in [5.74, 6) is 0.00355. The SMILES string of the molecule is CCCC(C)C(=O)Nc1ccc(NC(=O)Nc2ccccc2)cc1. The number of nitrogens with one attached hydrogen (secondary N) is 3. The molecule has 126 valence electrons. The number of hydrogen-bond donors (Lipinski definition) is 3. The second-order valence-corrected chi connectivity index (χ2v) is 5.70. The quantitative estimate of drug-likeness (QED) is 0.720. The van der Waals surface area contributed by atoms with E-state index < -0.39 is 0 Å². The predicted molar refractivity (Wildman–Crippen MR) is 98.2 cm³/mol. The fourth-order valence-corrected chi connectivity index (χ4v) is 2.28. The molecule has 0 bridgehead atoms. The van der Waals surface area contributed by atoms with Crippen molar-refractivity contribution in [3.8, 4) is 0 Å². The van der Waals surface area contributed by atoms with Crippen molar-refractivity contribution in [2.24, 2.45) is 5.92 Å². The Hall–Kier alpha value is -2.82. The average molecular weight is 325 g/mol. The van der Waals surface area contributed by atoms with Gasteiger partial charge in [-0.15, -0.1) is 0 Å². The Bertz CT molecular complexity index is 669. The van der Waals surface area contributed by atoms with Crippen LogP contribution in [0.1, 0.15) is 26.7 Å². The van der Waals surface area contributed by atoms with Crippen LogP contribution in [0.4, 0.5) is 21.9 Å². The summed E-state index contributed by atoms with van der Waals surface area (Å²) < 4.78 is 0. The first kappa shape index (κ1) is 17.5. The van der Waals surface area contributed by atoms with Crippen LogP contribution in [0, 0.1) is 5.92 Å². The molecule has 0 heterocycles. The van der Waals surface area contributed by atoms with Crippen LogP contribution in [-0.2, 0) is 4.79 Å². The number of para-hydroxylation sites is 1. The van der Waals surface area contributed by atoms with E-state index in [1.807, 2.05) is 37.3 Å². The van der Waals surface area contributed by atoms with E-state index >= 15 is 0 Å². The van der Waals surface area contributed by atoms with Gasteiger partial charge in [-0.3, -0.25) is 4.79 Å². The fraction of sp³-hybridized carbons (Fsp3) is 0.263. The van der Waals surface area contributed by atoms with Crippen molar-refractivity contribution in [1.82, 2.24) is 0 Å². The molecule has 0 aromatic heterocycles. The minimum atomic E-state index is -0.311. The molecule has 3 amide bonds. The van der Waals surface area contributed by atoms with Gasteiger partial charge in [0.2, 0.25) is 5.91 Å². The van der Waals surface area contributed by atoms with Crippen molar-refractivity contribution in [2.45, 2.75) is 26.7 Å². The number of benzene rings is 2. The molecule has 1 unspecified atom stereocenters. The third-order valence-corrected chi connectivity index (χ3v) is 3.61. The molecule has 3 N–H and O–H groups in total. The van der Waals surface area contributed by atoms with Crippen LogP contribution in [0.3, 0.4) is 0 Å². The zero-order chi connectivity index (χ0) is 17.4. The number of urea groups is 1. The maximum atomic E-state index is 12.0. The molecule has 5 nitrogen and oxygen atoms in total. The van der Waals surface area contributed by atoms with Crippen LogP contribution in [-0.4, -0.2) is 11.9 Å². The molecule has 0 aliphatic carbocycles. The summed E-state index contributed by atoms with van der Waals surface area (Å²) in [4.78, 5) is 23.9. The lowest BCUT2D eigenvalue weighted by Crippen LogP contribution is -2.20. The van der Waals surface area contributed by atoms with E-state index in [4.69, 9.17) is 0 Å². The third kappa shape index (κ3) is 5.43. The lowest BCUT2D eigenvalue weighted by Gasteiger charge is -2.12. The van der Waals surface area contributed by atoms with Crippen molar-refractivity contribution in [2.75, 3.05) is 16.0 Å². The van der Waals surface area contributed by atoms with Crippen LogP contribution in [0.15, 0.2) is 54.6 Å². The molecule has 2 aromatic carbocycles. The van der Waals surface area contributed by atoms with Crippen molar-refractivity contribution in [3.05, 3.63) is 54.6 Å². The monoisotopic (exact) mass is 325 g/mol. The predicted octanol–water partition coefficient (Wildman–Crippen LogP) is 4.71. The molecule has 0 spiro atoms. The lowest BCUT2D eigenvalue weighted by atomic mass is 10.1. The van der Waals surface area contributed by atoms with Gasteiger partial charge in [0.25, 0.3) is 0 Å². The van der Waals surface area contributed by atoms with E-state index in [1.165, 1.54) is 0 Å². The van der Waals surface area contributed by atoms with E-state index in [-0.39, 0.29) is 17.9 Å². The van der Waals surface area contributed by atoms with Crippen LogP contribution < -0.4 is 16.0 Å². The Kier molecular flexibility index (Phi) is 6.37. The third-order valence-electron chi connectivity index (χ3n) is 3.61. The maximum Gasteiger partial charge on any atom is 0.323 e. The topological polar surface area (TPSA) is 70.2 Å². The lowest BCUT2D eigenvalue weighted by molar-refractivity contribution is -0.119. The molecule has 2 rings (SSSR count). The first-order chi connectivity index (χ1) is 11.6. The van der Waals surface area contributed by atoms with Gasteiger partial charge in [0, 0.05) is 23.0 Å².